The molecule has 0 saturated heterocycles. The van der Waals surface area contributed by atoms with Crippen LogP contribution in [0.5, 0.6) is 0 Å². The average Bonchev–Trinajstić information content (AvgIpc) is 3.25. The number of amides is 1. The van der Waals surface area contributed by atoms with Gasteiger partial charge in [-0.15, -0.1) is 10.2 Å². The predicted molar refractivity (Wildman–Crippen MR) is 111 cm³/mol. The Morgan fingerprint density at radius 3 is 2.20 bits per heavy atom. The van der Waals surface area contributed by atoms with Crippen molar-refractivity contribution in [1.29, 1.82) is 0 Å². The lowest BCUT2D eigenvalue weighted by Gasteiger charge is -2.07. The highest BCUT2D eigenvalue weighted by Gasteiger charge is 2.16. The Labute approximate surface area is 175 Å². The SMILES string of the molecule is O=C(Nc1ccc(-c2nnc(-c3ccccc3)o2)cc1)c1cc([N+](=O)[O-])ccc1Cl. The van der Waals surface area contributed by atoms with Crippen LogP contribution in [0.3, 0.4) is 0 Å². The smallest absolute Gasteiger partial charge is 0.270 e. The minimum Gasteiger partial charge on any atom is -0.416 e. The number of nitrogens with one attached hydrogen (secondary N) is 1. The first-order chi connectivity index (χ1) is 14.5. The molecule has 4 rings (SSSR count). The molecule has 4 aromatic rings. The minimum atomic E-state index is -0.587. The maximum Gasteiger partial charge on any atom is 0.270 e. The highest BCUT2D eigenvalue weighted by atomic mass is 35.5. The van der Waals surface area contributed by atoms with Gasteiger partial charge in [0.05, 0.1) is 15.5 Å². The maximum absolute atomic E-state index is 12.5. The topological polar surface area (TPSA) is 111 Å². The maximum atomic E-state index is 12.5. The molecule has 1 amide bonds. The molecule has 3 aromatic carbocycles. The van der Waals surface area contributed by atoms with Gasteiger partial charge in [0, 0.05) is 28.9 Å². The third-order valence-electron chi connectivity index (χ3n) is 4.24. The van der Waals surface area contributed by atoms with Crippen LogP contribution in [0.4, 0.5) is 11.4 Å². The highest BCUT2D eigenvalue weighted by Crippen LogP contribution is 2.26. The van der Waals surface area contributed by atoms with Crippen LogP contribution >= 0.6 is 11.6 Å². The number of non-ortho nitro benzene ring substituents is 1. The number of rotatable bonds is 5. The van der Waals surface area contributed by atoms with Gasteiger partial charge in [-0.05, 0) is 42.5 Å². The fourth-order valence-electron chi connectivity index (χ4n) is 2.73. The van der Waals surface area contributed by atoms with E-state index in [0.717, 1.165) is 11.6 Å². The van der Waals surface area contributed by atoms with Gasteiger partial charge in [-0.2, -0.15) is 0 Å². The van der Waals surface area contributed by atoms with Crippen LogP contribution < -0.4 is 5.32 Å². The van der Waals surface area contributed by atoms with Crippen molar-refractivity contribution >= 4 is 28.9 Å². The van der Waals surface area contributed by atoms with Gasteiger partial charge in [0.15, 0.2) is 0 Å². The average molecular weight is 421 g/mol. The zero-order chi connectivity index (χ0) is 21.1. The van der Waals surface area contributed by atoms with Crippen LogP contribution in [0.15, 0.2) is 77.2 Å². The molecule has 0 saturated carbocycles. The van der Waals surface area contributed by atoms with E-state index in [0.29, 0.717) is 23.0 Å². The lowest BCUT2D eigenvalue weighted by Crippen LogP contribution is -2.12. The van der Waals surface area contributed by atoms with Crippen molar-refractivity contribution < 1.29 is 14.1 Å². The quantitative estimate of drug-likeness (QED) is 0.350. The van der Waals surface area contributed by atoms with E-state index in [4.69, 9.17) is 16.0 Å². The second kappa shape index (κ2) is 8.14. The highest BCUT2D eigenvalue weighted by molar-refractivity contribution is 6.34. The number of nitro benzene ring substituents is 1. The molecule has 1 heterocycles. The van der Waals surface area contributed by atoms with E-state index in [1.54, 1.807) is 24.3 Å². The number of carbonyl (C=O) groups is 1. The zero-order valence-electron chi connectivity index (χ0n) is 15.3. The summed E-state index contributed by atoms with van der Waals surface area (Å²) in [6.07, 6.45) is 0. The van der Waals surface area contributed by atoms with Crippen molar-refractivity contribution in [2.75, 3.05) is 5.32 Å². The van der Waals surface area contributed by atoms with E-state index >= 15 is 0 Å². The molecule has 0 bridgehead atoms. The van der Waals surface area contributed by atoms with Crippen LogP contribution in [0.2, 0.25) is 5.02 Å². The molecule has 9 heteroatoms. The van der Waals surface area contributed by atoms with Crippen molar-refractivity contribution in [3.63, 3.8) is 0 Å². The molecular formula is C21H13ClN4O4. The van der Waals surface area contributed by atoms with E-state index in [1.165, 1.54) is 12.1 Å². The second-order valence-electron chi connectivity index (χ2n) is 6.23. The van der Waals surface area contributed by atoms with E-state index in [2.05, 4.69) is 15.5 Å². The normalized spacial score (nSPS) is 10.6. The first kappa shape index (κ1) is 19.3. The van der Waals surface area contributed by atoms with E-state index in [9.17, 15) is 14.9 Å². The summed E-state index contributed by atoms with van der Waals surface area (Å²) >= 11 is 6.01. The molecule has 1 N–H and O–H groups in total. The molecule has 0 radical (unpaired) electrons. The lowest BCUT2D eigenvalue weighted by atomic mass is 10.1. The summed E-state index contributed by atoms with van der Waals surface area (Å²) in [4.78, 5) is 22.8. The third kappa shape index (κ3) is 4.03. The standard InChI is InChI=1S/C21H13ClN4O4/c22-18-11-10-16(26(28)29)12-17(18)19(27)23-15-8-6-14(7-9-15)21-25-24-20(30-21)13-4-2-1-3-5-13/h1-12H,(H,23,27). The van der Waals surface area contributed by atoms with Crippen LogP contribution in [0, 0.1) is 10.1 Å². The number of halogens is 1. The molecule has 30 heavy (non-hydrogen) atoms. The van der Waals surface area contributed by atoms with Crippen molar-refractivity contribution in [3.05, 3.63) is 93.5 Å². The second-order valence-corrected chi connectivity index (χ2v) is 6.64. The third-order valence-corrected chi connectivity index (χ3v) is 4.57. The van der Waals surface area contributed by atoms with Gasteiger partial charge in [-0.25, -0.2) is 0 Å². The fraction of sp³-hybridized carbons (Fsp3) is 0. The lowest BCUT2D eigenvalue weighted by molar-refractivity contribution is -0.384. The number of hydrogen-bond acceptors (Lipinski definition) is 6. The van der Waals surface area contributed by atoms with E-state index in [1.807, 2.05) is 30.3 Å². The minimum absolute atomic E-state index is 0.0133. The van der Waals surface area contributed by atoms with Crippen LogP contribution in [-0.4, -0.2) is 21.0 Å². The Kier molecular flexibility index (Phi) is 5.23. The van der Waals surface area contributed by atoms with Gasteiger partial charge in [-0.1, -0.05) is 29.8 Å². The Bertz CT molecular complexity index is 1220. The number of anilines is 1. The fourth-order valence-corrected chi connectivity index (χ4v) is 2.94. The van der Waals surface area contributed by atoms with Crippen LogP contribution in [-0.2, 0) is 0 Å². The summed E-state index contributed by atoms with van der Waals surface area (Å²) in [7, 11) is 0. The Balaban J connectivity index is 1.51. The first-order valence-corrected chi connectivity index (χ1v) is 9.14. The number of carbonyl (C=O) groups excluding carboxylic acids is 1. The van der Waals surface area contributed by atoms with Gasteiger partial charge in [0.2, 0.25) is 11.8 Å². The largest absolute Gasteiger partial charge is 0.416 e. The molecule has 0 spiro atoms. The molecular weight excluding hydrogens is 408 g/mol. The molecule has 1 aromatic heterocycles. The van der Waals surface area contributed by atoms with Gasteiger partial charge >= 0.3 is 0 Å². The Morgan fingerprint density at radius 2 is 1.57 bits per heavy atom. The van der Waals surface area contributed by atoms with Crippen LogP contribution in [0.25, 0.3) is 22.9 Å². The van der Waals surface area contributed by atoms with Crippen molar-refractivity contribution in [2.24, 2.45) is 0 Å². The molecule has 148 valence electrons. The number of nitro groups is 1. The number of benzene rings is 3. The Morgan fingerprint density at radius 1 is 0.933 bits per heavy atom. The van der Waals surface area contributed by atoms with Gasteiger partial charge in [0.1, 0.15) is 0 Å². The summed E-state index contributed by atoms with van der Waals surface area (Å²) in [6.45, 7) is 0. The number of nitrogens with zero attached hydrogens (tertiary/aromatic N) is 3. The molecule has 0 atom stereocenters. The van der Waals surface area contributed by atoms with Gasteiger partial charge < -0.3 is 9.73 Å². The predicted octanol–water partition coefficient (Wildman–Crippen LogP) is 5.22. The number of aromatic nitrogens is 2. The summed E-state index contributed by atoms with van der Waals surface area (Å²) in [5.41, 5.74) is 1.77. The number of hydrogen-bond donors (Lipinski definition) is 1. The summed E-state index contributed by atoms with van der Waals surface area (Å²) < 4.78 is 5.71. The van der Waals surface area contributed by atoms with Gasteiger partial charge in [-0.3, -0.25) is 14.9 Å². The van der Waals surface area contributed by atoms with E-state index < -0.39 is 10.8 Å². The molecule has 0 aliphatic carbocycles. The van der Waals surface area contributed by atoms with E-state index in [-0.39, 0.29) is 16.3 Å². The van der Waals surface area contributed by atoms with Crippen molar-refractivity contribution in [3.8, 4) is 22.9 Å². The van der Waals surface area contributed by atoms with Crippen molar-refractivity contribution in [1.82, 2.24) is 10.2 Å². The summed E-state index contributed by atoms with van der Waals surface area (Å²) in [6, 6.07) is 19.8. The van der Waals surface area contributed by atoms with Crippen LogP contribution in [0.1, 0.15) is 10.4 Å². The first-order valence-electron chi connectivity index (χ1n) is 8.76. The summed E-state index contributed by atoms with van der Waals surface area (Å²) in [5, 5.41) is 21.8. The summed E-state index contributed by atoms with van der Waals surface area (Å²) in [5.74, 6) is 0.192. The molecule has 0 aliphatic heterocycles. The molecule has 0 aliphatic rings. The van der Waals surface area contributed by atoms with Crippen molar-refractivity contribution in [2.45, 2.75) is 0 Å². The molecule has 8 nitrogen and oxygen atoms in total. The molecule has 0 unspecified atom stereocenters. The monoisotopic (exact) mass is 420 g/mol. The zero-order valence-corrected chi connectivity index (χ0v) is 16.0. The molecule has 0 fully saturated rings. The Hall–Kier alpha value is -4.04. The van der Waals surface area contributed by atoms with Gasteiger partial charge in [0.25, 0.3) is 11.6 Å².